The molecule has 2 N–H and O–H groups in total. The van der Waals surface area contributed by atoms with Crippen molar-refractivity contribution >= 4 is 22.6 Å². The zero-order valence-corrected chi connectivity index (χ0v) is 17.4. The molecular weight excluding hydrogens is 408 g/mol. The Morgan fingerprint density at radius 1 is 1.17 bits per heavy atom. The van der Waals surface area contributed by atoms with Crippen LogP contribution in [0.25, 0.3) is 0 Å². The SMILES string of the molecule is OC(COc1ccc(F)c(F)c1)CN1CCC(N=C2Nc3ccccc3CS2)CC1. The molecule has 2 aliphatic heterocycles. The lowest BCUT2D eigenvalue weighted by Gasteiger charge is -2.32. The number of para-hydroxylation sites is 1. The number of thioether (sulfide) groups is 1. The minimum absolute atomic E-state index is 0.0350. The lowest BCUT2D eigenvalue weighted by molar-refractivity contribution is 0.0597. The first kappa shape index (κ1) is 21.1. The highest BCUT2D eigenvalue weighted by molar-refractivity contribution is 8.13. The van der Waals surface area contributed by atoms with E-state index in [9.17, 15) is 13.9 Å². The number of rotatable bonds is 6. The Bertz CT molecular complexity index is 904. The lowest BCUT2D eigenvalue weighted by atomic mass is 10.1. The van der Waals surface area contributed by atoms with E-state index < -0.39 is 17.7 Å². The zero-order valence-electron chi connectivity index (χ0n) is 16.6. The quantitative estimate of drug-likeness (QED) is 0.724. The lowest BCUT2D eigenvalue weighted by Crippen LogP contribution is -2.41. The topological polar surface area (TPSA) is 57.1 Å². The second-order valence-corrected chi connectivity index (χ2v) is 8.54. The molecule has 0 saturated carbocycles. The van der Waals surface area contributed by atoms with E-state index in [4.69, 9.17) is 9.73 Å². The van der Waals surface area contributed by atoms with Gasteiger partial charge in [0.05, 0.1) is 6.04 Å². The monoisotopic (exact) mass is 433 g/mol. The van der Waals surface area contributed by atoms with Crippen molar-refractivity contribution in [2.45, 2.75) is 30.7 Å². The van der Waals surface area contributed by atoms with Crippen LogP contribution in [-0.2, 0) is 5.75 Å². The molecule has 0 amide bonds. The van der Waals surface area contributed by atoms with Crippen molar-refractivity contribution in [2.75, 3.05) is 31.6 Å². The predicted octanol–water partition coefficient (Wildman–Crippen LogP) is 3.88. The summed E-state index contributed by atoms with van der Waals surface area (Å²) in [6.07, 6.45) is 1.17. The van der Waals surface area contributed by atoms with Crippen molar-refractivity contribution in [1.29, 1.82) is 0 Å². The summed E-state index contributed by atoms with van der Waals surface area (Å²) >= 11 is 1.74. The van der Waals surface area contributed by atoms with Gasteiger partial charge in [-0.1, -0.05) is 30.0 Å². The summed E-state index contributed by atoms with van der Waals surface area (Å²) in [5, 5.41) is 14.6. The fraction of sp³-hybridized carbons (Fsp3) is 0.409. The zero-order chi connectivity index (χ0) is 20.9. The molecule has 2 aliphatic rings. The van der Waals surface area contributed by atoms with Gasteiger partial charge in [0.25, 0.3) is 0 Å². The minimum Gasteiger partial charge on any atom is -0.491 e. The van der Waals surface area contributed by atoms with Crippen molar-refractivity contribution in [3.05, 3.63) is 59.7 Å². The maximum Gasteiger partial charge on any atom is 0.162 e. The maximum atomic E-state index is 13.2. The molecule has 160 valence electrons. The summed E-state index contributed by atoms with van der Waals surface area (Å²) in [4.78, 5) is 7.07. The molecular formula is C22H25F2N3O2S. The number of benzene rings is 2. The molecule has 0 bridgehead atoms. The first-order valence-electron chi connectivity index (χ1n) is 10.1. The Morgan fingerprint density at radius 3 is 2.77 bits per heavy atom. The normalized spacial score (nSPS) is 19.9. The van der Waals surface area contributed by atoms with Crippen LogP contribution in [0.2, 0.25) is 0 Å². The maximum absolute atomic E-state index is 13.2. The smallest absolute Gasteiger partial charge is 0.162 e. The fourth-order valence-electron chi connectivity index (χ4n) is 3.64. The number of hydrogen-bond donors (Lipinski definition) is 2. The molecule has 2 aromatic rings. The highest BCUT2D eigenvalue weighted by atomic mass is 32.2. The number of nitrogens with zero attached hydrogens (tertiary/aromatic N) is 2. The third kappa shape index (κ3) is 5.50. The van der Waals surface area contributed by atoms with Crippen molar-refractivity contribution in [3.8, 4) is 5.75 Å². The van der Waals surface area contributed by atoms with Gasteiger partial charge in [-0.3, -0.25) is 4.99 Å². The van der Waals surface area contributed by atoms with E-state index in [1.165, 1.54) is 11.6 Å². The number of fused-ring (bicyclic) bond motifs is 1. The average molecular weight is 434 g/mol. The summed E-state index contributed by atoms with van der Waals surface area (Å²) in [7, 11) is 0. The predicted molar refractivity (Wildman–Crippen MR) is 116 cm³/mol. The number of amidine groups is 1. The molecule has 5 nitrogen and oxygen atoms in total. The average Bonchev–Trinajstić information content (AvgIpc) is 2.76. The molecule has 2 heterocycles. The summed E-state index contributed by atoms with van der Waals surface area (Å²) in [5.41, 5.74) is 2.44. The van der Waals surface area contributed by atoms with E-state index in [1.807, 2.05) is 6.07 Å². The third-order valence-corrected chi connectivity index (χ3v) is 6.22. The van der Waals surface area contributed by atoms with Crippen LogP contribution in [0, 0.1) is 11.6 Å². The summed E-state index contributed by atoms with van der Waals surface area (Å²) in [5.74, 6) is -0.730. The minimum atomic E-state index is -0.959. The van der Waals surface area contributed by atoms with Gasteiger partial charge in [0.1, 0.15) is 18.5 Å². The largest absolute Gasteiger partial charge is 0.491 e. The van der Waals surface area contributed by atoms with Gasteiger partial charge in [0.15, 0.2) is 16.8 Å². The van der Waals surface area contributed by atoms with Crippen molar-refractivity contribution in [1.82, 2.24) is 4.90 Å². The molecule has 0 aliphatic carbocycles. The van der Waals surface area contributed by atoms with Gasteiger partial charge >= 0.3 is 0 Å². The summed E-state index contributed by atoms with van der Waals surface area (Å²) in [6.45, 7) is 2.22. The van der Waals surface area contributed by atoms with Crippen LogP contribution in [0.1, 0.15) is 18.4 Å². The van der Waals surface area contributed by atoms with Crippen LogP contribution in [0.15, 0.2) is 47.5 Å². The van der Waals surface area contributed by atoms with Crippen LogP contribution in [0.4, 0.5) is 14.5 Å². The molecule has 0 aromatic heterocycles. The number of anilines is 1. The molecule has 2 aromatic carbocycles. The van der Waals surface area contributed by atoms with Gasteiger partial charge in [-0.15, -0.1) is 0 Å². The van der Waals surface area contributed by atoms with E-state index in [-0.39, 0.29) is 18.4 Å². The highest BCUT2D eigenvalue weighted by Crippen LogP contribution is 2.29. The molecule has 30 heavy (non-hydrogen) atoms. The molecule has 4 rings (SSSR count). The molecule has 0 spiro atoms. The molecule has 1 saturated heterocycles. The first-order valence-corrected chi connectivity index (χ1v) is 11.1. The van der Waals surface area contributed by atoms with Gasteiger partial charge in [0.2, 0.25) is 0 Å². The Hall–Kier alpha value is -2.16. The number of aliphatic hydroxyl groups is 1. The molecule has 1 fully saturated rings. The second kappa shape index (κ2) is 9.76. The van der Waals surface area contributed by atoms with E-state index in [0.29, 0.717) is 6.54 Å². The van der Waals surface area contributed by atoms with Crippen molar-refractivity contribution < 1.29 is 18.6 Å². The number of likely N-dealkylation sites (tertiary alicyclic amines) is 1. The summed E-state index contributed by atoms with van der Waals surface area (Å²) in [6, 6.07) is 11.9. The van der Waals surface area contributed by atoms with Crippen LogP contribution < -0.4 is 10.1 Å². The Balaban J connectivity index is 1.20. The van der Waals surface area contributed by atoms with Gasteiger partial charge < -0.3 is 20.1 Å². The number of aliphatic imine (C=N–C) groups is 1. The van der Waals surface area contributed by atoms with Gasteiger partial charge in [-0.2, -0.15) is 0 Å². The Morgan fingerprint density at radius 2 is 1.97 bits per heavy atom. The van der Waals surface area contributed by atoms with Crippen molar-refractivity contribution in [3.63, 3.8) is 0 Å². The Kier molecular flexibility index (Phi) is 6.86. The van der Waals surface area contributed by atoms with Crippen molar-refractivity contribution in [2.24, 2.45) is 4.99 Å². The standard InChI is InChI=1S/C22H25F2N3O2S/c23-19-6-5-18(11-20(19)24)29-13-17(28)12-27-9-7-16(8-10-27)25-22-26-21-4-2-1-3-15(21)14-30-22/h1-6,11,16-17,28H,7-10,12-14H2,(H,25,26). The summed E-state index contributed by atoms with van der Waals surface area (Å²) < 4.78 is 31.5. The second-order valence-electron chi connectivity index (χ2n) is 7.58. The Labute approximate surface area is 179 Å². The number of piperidine rings is 1. The number of aliphatic hydroxyl groups excluding tert-OH is 1. The number of ether oxygens (including phenoxy) is 1. The molecule has 1 atom stereocenters. The molecule has 0 radical (unpaired) electrons. The van der Waals surface area contributed by atoms with Crippen LogP contribution in [0.3, 0.4) is 0 Å². The van der Waals surface area contributed by atoms with E-state index in [1.54, 1.807) is 11.8 Å². The number of β-amino-alcohol motifs (C(OH)–C–C–N with tert-alkyl or cyclic N) is 1. The molecule has 8 heteroatoms. The van der Waals surface area contributed by atoms with Gasteiger partial charge in [-0.05, 0) is 36.6 Å². The number of halogens is 2. The van der Waals surface area contributed by atoms with E-state index in [0.717, 1.165) is 54.7 Å². The fourth-order valence-corrected chi connectivity index (χ4v) is 4.59. The van der Waals surface area contributed by atoms with E-state index in [2.05, 4.69) is 28.4 Å². The van der Waals surface area contributed by atoms with Gasteiger partial charge in [-0.25, -0.2) is 8.78 Å². The number of hydrogen-bond acceptors (Lipinski definition) is 5. The van der Waals surface area contributed by atoms with Crippen LogP contribution >= 0.6 is 11.8 Å². The van der Waals surface area contributed by atoms with Gasteiger partial charge in [0, 0.05) is 37.1 Å². The number of nitrogens with one attached hydrogen (secondary N) is 1. The van der Waals surface area contributed by atoms with Crippen LogP contribution in [0.5, 0.6) is 5.75 Å². The third-order valence-electron chi connectivity index (χ3n) is 5.28. The highest BCUT2D eigenvalue weighted by Gasteiger charge is 2.22. The van der Waals surface area contributed by atoms with Crippen LogP contribution in [-0.4, -0.2) is 53.6 Å². The van der Waals surface area contributed by atoms with E-state index >= 15 is 0 Å². The first-order chi connectivity index (χ1) is 14.6. The molecule has 1 unspecified atom stereocenters.